The molecule has 1 saturated carbocycles. The minimum Gasteiger partial charge on any atom is -0.468 e. The number of halogens is 1. The maximum absolute atomic E-state index is 13.3. The Hall–Kier alpha value is -3.35. The predicted octanol–water partition coefficient (Wildman–Crippen LogP) is 5.30. The Bertz CT molecular complexity index is 1180. The molecule has 7 heteroatoms. The summed E-state index contributed by atoms with van der Waals surface area (Å²) in [6, 6.07) is 26.2. The molecule has 174 valence electrons. The average Bonchev–Trinajstić information content (AvgIpc) is 3.46. The van der Waals surface area contributed by atoms with Crippen LogP contribution in [0.5, 0.6) is 0 Å². The number of carbonyl (C=O) groups is 2. The molecule has 0 amide bonds. The second kappa shape index (κ2) is 8.46. The molecule has 3 atom stereocenters. The van der Waals surface area contributed by atoms with Gasteiger partial charge in [-0.3, -0.25) is 14.4 Å². The molecular formula is C27H24ClNO5. The third-order valence-corrected chi connectivity index (χ3v) is 7.25. The van der Waals surface area contributed by atoms with E-state index in [0.29, 0.717) is 5.02 Å². The zero-order chi connectivity index (χ0) is 23.9. The van der Waals surface area contributed by atoms with Crippen LogP contribution in [0.25, 0.3) is 0 Å². The quantitative estimate of drug-likeness (QED) is 0.367. The molecule has 1 heterocycles. The molecule has 1 spiro atoms. The van der Waals surface area contributed by atoms with Crippen LogP contribution in [0.2, 0.25) is 5.02 Å². The highest BCUT2D eigenvalue weighted by molar-refractivity contribution is 6.30. The fraction of sp³-hybridized carbons (Fsp3) is 0.259. The number of carbonyl (C=O) groups excluding carboxylic acids is 2. The number of anilines is 1. The van der Waals surface area contributed by atoms with E-state index in [4.69, 9.17) is 25.9 Å². The minimum absolute atomic E-state index is 0.218. The lowest BCUT2D eigenvalue weighted by Crippen LogP contribution is -2.38. The first kappa shape index (κ1) is 22.4. The Kier molecular flexibility index (Phi) is 5.58. The molecular weight excluding hydrogens is 454 g/mol. The van der Waals surface area contributed by atoms with Gasteiger partial charge in [0.2, 0.25) is 0 Å². The van der Waals surface area contributed by atoms with Gasteiger partial charge < -0.3 is 9.47 Å². The minimum atomic E-state index is -1.52. The normalized spacial score (nSPS) is 24.6. The van der Waals surface area contributed by atoms with Crippen molar-refractivity contribution in [2.75, 3.05) is 19.3 Å². The van der Waals surface area contributed by atoms with Gasteiger partial charge in [0.15, 0.2) is 5.41 Å². The predicted molar refractivity (Wildman–Crippen MR) is 127 cm³/mol. The molecule has 0 aromatic heterocycles. The number of hydrogen-bond acceptors (Lipinski definition) is 6. The highest BCUT2D eigenvalue weighted by Gasteiger charge is 2.87. The van der Waals surface area contributed by atoms with Gasteiger partial charge >= 0.3 is 11.9 Å². The molecule has 0 N–H and O–H groups in total. The fourth-order valence-electron chi connectivity index (χ4n) is 5.47. The lowest BCUT2D eigenvalue weighted by atomic mass is 9.76. The van der Waals surface area contributed by atoms with Gasteiger partial charge in [0, 0.05) is 5.02 Å². The van der Waals surface area contributed by atoms with E-state index in [-0.39, 0.29) is 6.42 Å². The van der Waals surface area contributed by atoms with Gasteiger partial charge in [0.1, 0.15) is 6.10 Å². The van der Waals surface area contributed by atoms with E-state index in [1.165, 1.54) is 14.2 Å². The van der Waals surface area contributed by atoms with Gasteiger partial charge in [-0.1, -0.05) is 72.3 Å². The number of nitrogens with zero attached hydrogens (tertiary/aromatic N) is 1. The lowest BCUT2D eigenvalue weighted by Gasteiger charge is -2.30. The van der Waals surface area contributed by atoms with E-state index < -0.39 is 34.9 Å². The van der Waals surface area contributed by atoms with Crippen molar-refractivity contribution in [2.24, 2.45) is 10.8 Å². The molecule has 6 nitrogen and oxygen atoms in total. The molecule has 3 aromatic carbocycles. The molecule has 34 heavy (non-hydrogen) atoms. The topological polar surface area (TPSA) is 65.1 Å². The van der Waals surface area contributed by atoms with Gasteiger partial charge in [0.25, 0.3) is 0 Å². The molecule has 3 aromatic rings. The molecule has 2 aliphatic rings. The van der Waals surface area contributed by atoms with Gasteiger partial charge in [0.05, 0.1) is 31.4 Å². The Morgan fingerprint density at radius 3 is 1.97 bits per heavy atom. The van der Waals surface area contributed by atoms with Crippen molar-refractivity contribution >= 4 is 29.2 Å². The first-order valence-electron chi connectivity index (χ1n) is 11.0. The van der Waals surface area contributed by atoms with E-state index >= 15 is 0 Å². The summed E-state index contributed by atoms with van der Waals surface area (Å²) in [6.07, 6.45) is -0.386. The van der Waals surface area contributed by atoms with Gasteiger partial charge in [-0.15, -0.1) is 0 Å². The summed E-state index contributed by atoms with van der Waals surface area (Å²) in [6.45, 7) is 0. The van der Waals surface area contributed by atoms with Crippen molar-refractivity contribution in [3.05, 3.63) is 101 Å². The van der Waals surface area contributed by atoms with E-state index in [0.717, 1.165) is 16.8 Å². The Morgan fingerprint density at radius 2 is 1.41 bits per heavy atom. The monoisotopic (exact) mass is 477 g/mol. The number of ether oxygens (including phenoxy) is 2. The summed E-state index contributed by atoms with van der Waals surface area (Å²) in [5.41, 5.74) is 0.0231. The number of benzene rings is 3. The second-order valence-corrected chi connectivity index (χ2v) is 9.05. The lowest BCUT2D eigenvalue weighted by molar-refractivity contribution is -0.164. The van der Waals surface area contributed by atoms with Crippen molar-refractivity contribution in [2.45, 2.75) is 18.6 Å². The van der Waals surface area contributed by atoms with Crippen LogP contribution >= 0.6 is 11.6 Å². The molecule has 2 fully saturated rings. The molecule has 1 aliphatic heterocycles. The number of methoxy groups -OCH3 is 2. The van der Waals surface area contributed by atoms with E-state index in [1.54, 1.807) is 17.2 Å². The van der Waals surface area contributed by atoms with Gasteiger partial charge in [-0.25, -0.2) is 5.06 Å². The summed E-state index contributed by atoms with van der Waals surface area (Å²) in [7, 11) is 2.58. The van der Waals surface area contributed by atoms with Crippen LogP contribution in [-0.4, -0.2) is 26.2 Å². The number of hydrogen-bond donors (Lipinski definition) is 0. The van der Waals surface area contributed by atoms with Crippen molar-refractivity contribution in [3.63, 3.8) is 0 Å². The van der Waals surface area contributed by atoms with Crippen molar-refractivity contribution in [3.8, 4) is 0 Å². The molecule has 0 bridgehead atoms. The standard InChI is InChI=1S/C27H24ClNO5/c1-32-24(30)27(25(31)33-2)17-26(27)22(18-13-15-20(28)16-14-18)29(21-11-7-4-8-12-21)34-23(26)19-9-5-3-6-10-19/h3-16,22-23H,17H2,1-2H3/t22-,23+,26-/m0/s1. The highest BCUT2D eigenvalue weighted by Crippen LogP contribution is 2.80. The Labute approximate surface area is 202 Å². The van der Waals surface area contributed by atoms with Crippen LogP contribution in [-0.2, 0) is 23.9 Å². The Balaban J connectivity index is 1.77. The highest BCUT2D eigenvalue weighted by atomic mass is 35.5. The Morgan fingerprint density at radius 1 is 0.853 bits per heavy atom. The molecule has 0 unspecified atom stereocenters. The smallest absolute Gasteiger partial charge is 0.324 e. The molecule has 1 saturated heterocycles. The zero-order valence-corrected chi connectivity index (χ0v) is 19.6. The summed E-state index contributed by atoms with van der Waals surface area (Å²) in [5.74, 6) is -1.25. The van der Waals surface area contributed by atoms with Crippen LogP contribution < -0.4 is 5.06 Å². The number of hydroxylamine groups is 1. The van der Waals surface area contributed by atoms with Gasteiger partial charge in [-0.2, -0.15) is 0 Å². The molecule has 0 radical (unpaired) electrons. The maximum Gasteiger partial charge on any atom is 0.324 e. The molecule has 1 aliphatic carbocycles. The van der Waals surface area contributed by atoms with Crippen molar-refractivity contribution < 1.29 is 23.9 Å². The summed E-state index contributed by atoms with van der Waals surface area (Å²) < 4.78 is 10.4. The fourth-order valence-corrected chi connectivity index (χ4v) is 5.59. The summed E-state index contributed by atoms with van der Waals surface area (Å²) in [5, 5.41) is 2.39. The largest absolute Gasteiger partial charge is 0.468 e. The van der Waals surface area contributed by atoms with Crippen LogP contribution in [0.1, 0.15) is 29.7 Å². The van der Waals surface area contributed by atoms with E-state index in [2.05, 4.69) is 0 Å². The second-order valence-electron chi connectivity index (χ2n) is 8.62. The maximum atomic E-state index is 13.3. The van der Waals surface area contributed by atoms with Crippen LogP contribution in [0.15, 0.2) is 84.9 Å². The summed E-state index contributed by atoms with van der Waals surface area (Å²) >= 11 is 6.19. The third-order valence-electron chi connectivity index (χ3n) is 7.00. The van der Waals surface area contributed by atoms with Crippen molar-refractivity contribution in [1.29, 1.82) is 0 Å². The van der Waals surface area contributed by atoms with Crippen molar-refractivity contribution in [1.82, 2.24) is 0 Å². The van der Waals surface area contributed by atoms with E-state index in [1.807, 2.05) is 72.8 Å². The third kappa shape index (κ3) is 3.13. The summed E-state index contributed by atoms with van der Waals surface area (Å²) in [4.78, 5) is 33.2. The van der Waals surface area contributed by atoms with Gasteiger partial charge in [-0.05, 0) is 41.8 Å². The number of rotatable bonds is 5. The molecule has 5 rings (SSSR count). The zero-order valence-electron chi connectivity index (χ0n) is 18.8. The van der Waals surface area contributed by atoms with E-state index in [9.17, 15) is 9.59 Å². The first-order chi connectivity index (χ1) is 16.5. The SMILES string of the molecule is COC(=O)C1(C(=O)OC)C[C@]12[C@@H](c1ccccc1)ON(c1ccccc1)[C@H]2c1ccc(Cl)cc1. The van der Waals surface area contributed by atoms with Crippen LogP contribution in [0.4, 0.5) is 5.69 Å². The number of esters is 2. The van der Waals surface area contributed by atoms with Crippen LogP contribution in [0.3, 0.4) is 0 Å². The number of para-hydroxylation sites is 1. The van der Waals surface area contributed by atoms with Crippen LogP contribution in [0, 0.1) is 10.8 Å². The average molecular weight is 478 g/mol. The first-order valence-corrected chi connectivity index (χ1v) is 11.4.